The Balaban J connectivity index is 1.76. The lowest BCUT2D eigenvalue weighted by Gasteiger charge is -2.10. The zero-order valence-corrected chi connectivity index (χ0v) is 16.1. The van der Waals surface area contributed by atoms with Gasteiger partial charge in [-0.15, -0.1) is 5.10 Å². The van der Waals surface area contributed by atoms with Gasteiger partial charge in [0.05, 0.1) is 13.7 Å². The number of hydrogen-bond donors (Lipinski definition) is 1. The van der Waals surface area contributed by atoms with Crippen molar-refractivity contribution in [2.24, 2.45) is 7.05 Å². The fourth-order valence-electron chi connectivity index (χ4n) is 2.69. The molecule has 8 nitrogen and oxygen atoms in total. The molecular formula is C18H19FN4O4S. The molecule has 3 aromatic rings. The minimum Gasteiger partial charge on any atom is -0.495 e. The summed E-state index contributed by atoms with van der Waals surface area (Å²) in [5.41, 5.74) is 0.171. The quantitative estimate of drug-likeness (QED) is 0.640. The highest BCUT2D eigenvalue weighted by molar-refractivity contribution is 7.89. The van der Waals surface area contributed by atoms with E-state index in [1.54, 1.807) is 25.2 Å². The molecule has 0 aliphatic carbocycles. The van der Waals surface area contributed by atoms with E-state index in [9.17, 15) is 17.6 Å². The largest absolute Gasteiger partial charge is 0.495 e. The third-order valence-electron chi connectivity index (χ3n) is 4.12. The van der Waals surface area contributed by atoms with Crippen molar-refractivity contribution in [3.63, 3.8) is 0 Å². The smallest absolute Gasteiger partial charge is 0.345 e. The molecule has 1 aromatic heterocycles. The molecule has 28 heavy (non-hydrogen) atoms. The number of benzene rings is 2. The summed E-state index contributed by atoms with van der Waals surface area (Å²) in [5, 5.41) is 4.22. The van der Waals surface area contributed by atoms with Crippen LogP contribution in [0.25, 0.3) is 11.4 Å². The van der Waals surface area contributed by atoms with Crippen LogP contribution in [0.5, 0.6) is 5.75 Å². The number of aromatic nitrogens is 3. The van der Waals surface area contributed by atoms with E-state index in [0.717, 1.165) is 4.68 Å². The summed E-state index contributed by atoms with van der Waals surface area (Å²) in [7, 11) is -0.880. The van der Waals surface area contributed by atoms with Crippen molar-refractivity contribution in [1.82, 2.24) is 19.1 Å². The normalized spacial score (nSPS) is 11.5. The van der Waals surface area contributed by atoms with Crippen molar-refractivity contribution in [3.05, 3.63) is 64.8 Å². The first-order valence-electron chi connectivity index (χ1n) is 8.36. The van der Waals surface area contributed by atoms with E-state index < -0.39 is 15.7 Å². The van der Waals surface area contributed by atoms with Gasteiger partial charge in [-0.3, -0.25) is 4.57 Å². The van der Waals surface area contributed by atoms with Crippen LogP contribution in [0.3, 0.4) is 0 Å². The van der Waals surface area contributed by atoms with Gasteiger partial charge in [-0.1, -0.05) is 12.1 Å². The molecule has 0 aliphatic heterocycles. The van der Waals surface area contributed by atoms with Crippen LogP contribution in [0.2, 0.25) is 0 Å². The second kappa shape index (κ2) is 7.95. The van der Waals surface area contributed by atoms with Crippen molar-refractivity contribution in [2.75, 3.05) is 13.7 Å². The molecule has 0 saturated heterocycles. The maximum absolute atomic E-state index is 13.1. The van der Waals surface area contributed by atoms with E-state index in [-0.39, 0.29) is 29.6 Å². The summed E-state index contributed by atoms with van der Waals surface area (Å²) < 4.78 is 48.0. The number of hydrogen-bond acceptors (Lipinski definition) is 5. The van der Waals surface area contributed by atoms with Crippen LogP contribution >= 0.6 is 0 Å². The number of halogens is 1. The molecular weight excluding hydrogens is 387 g/mol. The minimum absolute atomic E-state index is 0.0119. The van der Waals surface area contributed by atoms with Gasteiger partial charge in [0, 0.05) is 19.2 Å². The highest BCUT2D eigenvalue weighted by Gasteiger charge is 2.19. The number of para-hydroxylation sites is 1. The summed E-state index contributed by atoms with van der Waals surface area (Å²) in [4.78, 5) is 12.4. The second-order valence-corrected chi connectivity index (χ2v) is 7.68. The lowest BCUT2D eigenvalue weighted by molar-refractivity contribution is 0.402. The summed E-state index contributed by atoms with van der Waals surface area (Å²) in [6.45, 7) is -0.0115. The summed E-state index contributed by atoms with van der Waals surface area (Å²) >= 11 is 0. The highest BCUT2D eigenvalue weighted by atomic mass is 32.2. The van der Waals surface area contributed by atoms with Crippen LogP contribution in [0.15, 0.2) is 58.2 Å². The number of methoxy groups -OCH3 is 1. The lowest BCUT2D eigenvalue weighted by Crippen LogP contribution is -2.32. The third kappa shape index (κ3) is 3.97. The zero-order chi connectivity index (χ0) is 20.3. The van der Waals surface area contributed by atoms with Gasteiger partial charge in [0.1, 0.15) is 16.5 Å². The SMILES string of the molecule is COc1ccccc1S(=O)(=O)NCCn1nc(-c2ccc(F)cc2)n(C)c1=O. The Morgan fingerprint density at radius 1 is 1.14 bits per heavy atom. The molecule has 10 heteroatoms. The Hall–Kier alpha value is -2.98. The molecule has 3 rings (SSSR count). The molecule has 2 aromatic carbocycles. The van der Waals surface area contributed by atoms with E-state index in [2.05, 4.69) is 9.82 Å². The van der Waals surface area contributed by atoms with Crippen LogP contribution in [-0.2, 0) is 23.6 Å². The maximum Gasteiger partial charge on any atom is 0.345 e. The van der Waals surface area contributed by atoms with Gasteiger partial charge in [-0.25, -0.2) is 27.0 Å². The van der Waals surface area contributed by atoms with Crippen LogP contribution < -0.4 is 15.1 Å². The van der Waals surface area contributed by atoms with Gasteiger partial charge in [-0.05, 0) is 36.4 Å². The van der Waals surface area contributed by atoms with E-state index in [1.807, 2.05) is 0 Å². The summed E-state index contributed by atoms with van der Waals surface area (Å²) in [5.74, 6) is 0.195. The van der Waals surface area contributed by atoms with Crippen LogP contribution in [0, 0.1) is 5.82 Å². The zero-order valence-electron chi connectivity index (χ0n) is 15.3. The molecule has 0 radical (unpaired) electrons. The van der Waals surface area contributed by atoms with E-state index in [0.29, 0.717) is 11.4 Å². The van der Waals surface area contributed by atoms with Gasteiger partial charge in [0.2, 0.25) is 10.0 Å². The molecule has 0 saturated carbocycles. The molecule has 0 bridgehead atoms. The molecule has 0 atom stereocenters. The highest BCUT2D eigenvalue weighted by Crippen LogP contribution is 2.22. The monoisotopic (exact) mass is 406 g/mol. The van der Waals surface area contributed by atoms with Gasteiger partial charge in [-0.2, -0.15) is 0 Å². The lowest BCUT2D eigenvalue weighted by atomic mass is 10.2. The second-order valence-electron chi connectivity index (χ2n) is 5.94. The Kier molecular flexibility index (Phi) is 5.61. The Bertz CT molecular complexity index is 1140. The summed E-state index contributed by atoms with van der Waals surface area (Å²) in [6.07, 6.45) is 0. The molecule has 0 aliphatic rings. The van der Waals surface area contributed by atoms with Gasteiger partial charge in [0.25, 0.3) is 0 Å². The average Bonchev–Trinajstić information content (AvgIpc) is 2.97. The fourth-order valence-corrected chi connectivity index (χ4v) is 3.88. The third-order valence-corrected chi connectivity index (χ3v) is 5.62. The first-order valence-corrected chi connectivity index (χ1v) is 9.84. The standard InChI is InChI=1S/C18H19FN4O4S/c1-22-17(13-7-9-14(19)10-8-13)21-23(18(22)24)12-11-20-28(25,26)16-6-4-3-5-15(16)27-2/h3-10,20H,11-12H2,1-2H3. The summed E-state index contributed by atoms with van der Waals surface area (Å²) in [6, 6.07) is 11.8. The molecule has 1 N–H and O–H groups in total. The number of nitrogens with one attached hydrogen (secondary N) is 1. The van der Waals surface area contributed by atoms with E-state index >= 15 is 0 Å². The molecule has 1 heterocycles. The van der Waals surface area contributed by atoms with Crippen LogP contribution in [0.1, 0.15) is 0 Å². The molecule has 148 valence electrons. The minimum atomic E-state index is -3.81. The number of rotatable bonds is 7. The van der Waals surface area contributed by atoms with Crippen molar-refractivity contribution < 1.29 is 17.5 Å². The predicted molar refractivity (Wildman–Crippen MR) is 101 cm³/mol. The Labute approximate surface area is 161 Å². The molecule has 0 fully saturated rings. The van der Waals surface area contributed by atoms with E-state index in [4.69, 9.17) is 4.74 Å². The van der Waals surface area contributed by atoms with Crippen molar-refractivity contribution in [1.29, 1.82) is 0 Å². The number of ether oxygens (including phenoxy) is 1. The van der Waals surface area contributed by atoms with Gasteiger partial charge < -0.3 is 4.74 Å². The molecule has 0 unspecified atom stereocenters. The molecule has 0 amide bonds. The molecule has 0 spiro atoms. The number of nitrogens with zero attached hydrogens (tertiary/aromatic N) is 3. The first-order chi connectivity index (χ1) is 13.3. The van der Waals surface area contributed by atoms with Gasteiger partial charge in [0.15, 0.2) is 5.82 Å². The Morgan fingerprint density at radius 3 is 2.50 bits per heavy atom. The van der Waals surface area contributed by atoms with Crippen molar-refractivity contribution in [3.8, 4) is 17.1 Å². The van der Waals surface area contributed by atoms with Gasteiger partial charge >= 0.3 is 5.69 Å². The maximum atomic E-state index is 13.1. The van der Waals surface area contributed by atoms with Crippen molar-refractivity contribution >= 4 is 10.0 Å². The first kappa shape index (κ1) is 19.8. The fraction of sp³-hybridized carbons (Fsp3) is 0.222. The Morgan fingerprint density at radius 2 is 1.82 bits per heavy atom. The van der Waals surface area contributed by atoms with E-state index in [1.165, 1.54) is 42.0 Å². The predicted octanol–water partition coefficient (Wildman–Crippen LogP) is 1.37. The van der Waals surface area contributed by atoms with Crippen LogP contribution in [0.4, 0.5) is 4.39 Å². The van der Waals surface area contributed by atoms with Crippen molar-refractivity contribution in [2.45, 2.75) is 11.4 Å². The topological polar surface area (TPSA) is 95.2 Å². The average molecular weight is 406 g/mol. The van der Waals surface area contributed by atoms with Crippen LogP contribution in [-0.4, -0.2) is 36.4 Å². The number of sulfonamides is 1.